The van der Waals surface area contributed by atoms with Crippen LogP contribution in [0.1, 0.15) is 19.1 Å². The molecule has 5 N–H and O–H groups in total. The van der Waals surface area contributed by atoms with Gasteiger partial charge in [0.2, 0.25) is 0 Å². The minimum absolute atomic E-state index is 0.361. The van der Waals surface area contributed by atoms with E-state index in [1.807, 2.05) is 12.1 Å². The number of aliphatic imine (C=N–C) groups is 1. The van der Waals surface area contributed by atoms with Crippen LogP contribution < -0.4 is 16.8 Å². The lowest BCUT2D eigenvalue weighted by atomic mass is 10.3. The molecule has 0 bridgehead atoms. The summed E-state index contributed by atoms with van der Waals surface area (Å²) in [4.78, 5) is 8.47. The second-order valence-corrected chi connectivity index (χ2v) is 4.91. The van der Waals surface area contributed by atoms with Gasteiger partial charge in [-0.25, -0.2) is 4.98 Å². The minimum atomic E-state index is 0.361. The molecule has 102 valence electrons. The van der Waals surface area contributed by atoms with Crippen molar-refractivity contribution < 1.29 is 4.42 Å². The zero-order valence-corrected chi connectivity index (χ0v) is 11.5. The molecule has 2 aromatic rings. The van der Waals surface area contributed by atoms with E-state index in [0.29, 0.717) is 28.9 Å². The molecule has 0 aromatic carbocycles. The Hall–Kier alpha value is -1.86. The number of aromatic nitrogens is 1. The predicted molar refractivity (Wildman–Crippen MR) is 79.4 cm³/mol. The molecule has 0 spiro atoms. The molecule has 0 aliphatic heterocycles. The average Bonchev–Trinajstić information content (AvgIpc) is 3.01. The third-order valence-electron chi connectivity index (χ3n) is 2.38. The SMILES string of the molecule is CCCN=CNc1sc(N)nc1-c1ccc(CN)o1. The highest BCUT2D eigenvalue weighted by molar-refractivity contribution is 7.20. The summed E-state index contributed by atoms with van der Waals surface area (Å²) in [6.45, 7) is 3.22. The van der Waals surface area contributed by atoms with Gasteiger partial charge in [0.25, 0.3) is 0 Å². The third-order valence-corrected chi connectivity index (χ3v) is 3.20. The van der Waals surface area contributed by atoms with Gasteiger partial charge in [-0.15, -0.1) is 0 Å². The molecule has 0 amide bonds. The van der Waals surface area contributed by atoms with Gasteiger partial charge in [0, 0.05) is 6.54 Å². The van der Waals surface area contributed by atoms with E-state index in [9.17, 15) is 0 Å². The summed E-state index contributed by atoms with van der Waals surface area (Å²) in [6, 6.07) is 3.67. The molecule has 0 radical (unpaired) electrons. The lowest BCUT2D eigenvalue weighted by Gasteiger charge is -1.98. The van der Waals surface area contributed by atoms with Gasteiger partial charge in [0.15, 0.2) is 10.9 Å². The fraction of sp³-hybridized carbons (Fsp3) is 0.333. The Balaban J connectivity index is 2.20. The zero-order valence-electron chi connectivity index (χ0n) is 10.7. The topological polar surface area (TPSA) is 102 Å². The molecule has 0 saturated carbocycles. The van der Waals surface area contributed by atoms with Crippen LogP contribution in [0.2, 0.25) is 0 Å². The standard InChI is InChI=1S/C12H17N5OS/c1-2-5-15-7-16-11-10(17-12(14)19-11)9-4-3-8(6-13)18-9/h3-4,7H,2,5-6,13H2,1H3,(H2,14,17)(H,15,16). The number of nitrogen functional groups attached to an aromatic ring is 1. The predicted octanol–water partition coefficient (Wildman–Crippen LogP) is 2.29. The fourth-order valence-electron chi connectivity index (χ4n) is 1.51. The van der Waals surface area contributed by atoms with E-state index in [1.54, 1.807) is 6.34 Å². The van der Waals surface area contributed by atoms with Gasteiger partial charge in [-0.2, -0.15) is 0 Å². The first-order valence-electron chi connectivity index (χ1n) is 6.05. The molecule has 2 aromatic heterocycles. The smallest absolute Gasteiger partial charge is 0.182 e. The second-order valence-electron chi connectivity index (χ2n) is 3.88. The van der Waals surface area contributed by atoms with E-state index in [2.05, 4.69) is 22.2 Å². The van der Waals surface area contributed by atoms with Crippen LogP contribution in [0.3, 0.4) is 0 Å². The Morgan fingerprint density at radius 2 is 2.37 bits per heavy atom. The van der Waals surface area contributed by atoms with Crippen molar-refractivity contribution in [2.75, 3.05) is 17.6 Å². The maximum atomic E-state index is 5.74. The third kappa shape index (κ3) is 3.33. The summed E-state index contributed by atoms with van der Waals surface area (Å²) in [5.74, 6) is 1.37. The first kappa shape index (κ1) is 13.6. The lowest BCUT2D eigenvalue weighted by molar-refractivity contribution is 0.524. The van der Waals surface area contributed by atoms with Crippen LogP contribution in [0.4, 0.5) is 10.1 Å². The fourth-order valence-corrected chi connectivity index (χ4v) is 2.21. The monoisotopic (exact) mass is 279 g/mol. The number of nitrogens with one attached hydrogen (secondary N) is 1. The number of hydrogen-bond donors (Lipinski definition) is 3. The van der Waals surface area contributed by atoms with Crippen LogP contribution in [0.5, 0.6) is 0 Å². The number of rotatable bonds is 6. The second kappa shape index (κ2) is 6.35. The van der Waals surface area contributed by atoms with Crippen LogP contribution >= 0.6 is 11.3 Å². The van der Waals surface area contributed by atoms with E-state index in [4.69, 9.17) is 15.9 Å². The first-order chi connectivity index (χ1) is 9.24. The highest BCUT2D eigenvalue weighted by atomic mass is 32.1. The maximum Gasteiger partial charge on any atom is 0.182 e. The normalized spacial score (nSPS) is 11.3. The summed E-state index contributed by atoms with van der Waals surface area (Å²) < 4.78 is 5.58. The lowest BCUT2D eigenvalue weighted by Crippen LogP contribution is -1.95. The van der Waals surface area contributed by atoms with Crippen LogP contribution in [0.15, 0.2) is 21.5 Å². The minimum Gasteiger partial charge on any atom is -0.458 e. The molecule has 2 heterocycles. The first-order valence-corrected chi connectivity index (χ1v) is 6.86. The summed E-state index contributed by atoms with van der Waals surface area (Å²) in [5, 5.41) is 4.38. The highest BCUT2D eigenvalue weighted by Gasteiger charge is 2.14. The van der Waals surface area contributed by atoms with Crippen LogP contribution in [-0.2, 0) is 6.54 Å². The number of nitrogens with zero attached hydrogens (tertiary/aromatic N) is 2. The molecule has 0 unspecified atom stereocenters. The van der Waals surface area contributed by atoms with Gasteiger partial charge in [-0.1, -0.05) is 18.3 Å². The van der Waals surface area contributed by atoms with Crippen molar-refractivity contribution in [3.8, 4) is 11.5 Å². The molecular weight excluding hydrogens is 262 g/mol. The number of anilines is 2. The Morgan fingerprint density at radius 3 is 3.05 bits per heavy atom. The molecule has 0 atom stereocenters. The van der Waals surface area contributed by atoms with Crippen molar-refractivity contribution in [2.24, 2.45) is 10.7 Å². The molecule has 0 aliphatic rings. The number of thiazole rings is 1. The van der Waals surface area contributed by atoms with Gasteiger partial charge in [0.1, 0.15) is 16.5 Å². The number of nitrogens with two attached hydrogens (primary N) is 2. The summed E-state index contributed by atoms with van der Waals surface area (Å²) in [6.07, 6.45) is 2.67. The van der Waals surface area contributed by atoms with Gasteiger partial charge in [-0.05, 0) is 18.6 Å². The quantitative estimate of drug-likeness (QED) is 0.556. The van der Waals surface area contributed by atoms with Gasteiger partial charge < -0.3 is 21.2 Å². The van der Waals surface area contributed by atoms with E-state index in [1.165, 1.54) is 11.3 Å². The molecule has 6 nitrogen and oxygen atoms in total. The van der Waals surface area contributed by atoms with Gasteiger partial charge in [0.05, 0.1) is 12.9 Å². The molecule has 0 saturated heterocycles. The summed E-state index contributed by atoms with van der Waals surface area (Å²) in [5.41, 5.74) is 12.0. The van der Waals surface area contributed by atoms with E-state index in [0.717, 1.165) is 18.0 Å². The Labute approximate surface area is 115 Å². The zero-order chi connectivity index (χ0) is 13.7. The molecule has 2 rings (SSSR count). The molecule has 0 fully saturated rings. The van der Waals surface area contributed by atoms with Crippen LogP contribution in [0, 0.1) is 0 Å². The maximum absolute atomic E-state index is 5.74. The highest BCUT2D eigenvalue weighted by Crippen LogP contribution is 2.34. The van der Waals surface area contributed by atoms with E-state index in [-0.39, 0.29) is 0 Å². The van der Waals surface area contributed by atoms with Crippen molar-refractivity contribution in [1.29, 1.82) is 0 Å². The van der Waals surface area contributed by atoms with Gasteiger partial charge in [-0.3, -0.25) is 4.99 Å². The average molecular weight is 279 g/mol. The van der Waals surface area contributed by atoms with Crippen LogP contribution in [0.25, 0.3) is 11.5 Å². The summed E-state index contributed by atoms with van der Waals surface area (Å²) in [7, 11) is 0. The molecule has 19 heavy (non-hydrogen) atoms. The Bertz CT molecular complexity index is 560. The molecule has 0 aliphatic carbocycles. The van der Waals surface area contributed by atoms with E-state index < -0.39 is 0 Å². The number of furan rings is 1. The van der Waals surface area contributed by atoms with Crippen LogP contribution in [-0.4, -0.2) is 17.9 Å². The number of hydrogen-bond acceptors (Lipinski definition) is 6. The largest absolute Gasteiger partial charge is 0.458 e. The Kier molecular flexibility index (Phi) is 4.53. The molecule has 7 heteroatoms. The molecular formula is C12H17N5OS. The summed E-state index contributed by atoms with van der Waals surface area (Å²) >= 11 is 1.36. The van der Waals surface area contributed by atoms with Crippen molar-refractivity contribution in [1.82, 2.24) is 4.98 Å². The van der Waals surface area contributed by atoms with Crippen molar-refractivity contribution >= 4 is 27.8 Å². The van der Waals surface area contributed by atoms with Crippen molar-refractivity contribution in [3.63, 3.8) is 0 Å². The van der Waals surface area contributed by atoms with Gasteiger partial charge >= 0.3 is 0 Å². The Morgan fingerprint density at radius 1 is 1.53 bits per heavy atom. The van der Waals surface area contributed by atoms with E-state index >= 15 is 0 Å². The van der Waals surface area contributed by atoms with Crippen molar-refractivity contribution in [2.45, 2.75) is 19.9 Å². The van der Waals surface area contributed by atoms with Crippen molar-refractivity contribution in [3.05, 3.63) is 17.9 Å².